The maximum atomic E-state index is 7.51. The van der Waals surface area contributed by atoms with Gasteiger partial charge in [-0.3, -0.25) is 4.98 Å². The molecule has 0 spiro atoms. The van der Waals surface area contributed by atoms with Gasteiger partial charge < -0.3 is 22.7 Å². The fourth-order valence-electron chi connectivity index (χ4n) is 13.6. The predicted molar refractivity (Wildman–Crippen MR) is 343 cm³/mol. The summed E-state index contributed by atoms with van der Waals surface area (Å²) in [5.41, 5.74) is 26.8. The van der Waals surface area contributed by atoms with E-state index in [2.05, 4.69) is 257 Å². The first-order chi connectivity index (χ1) is 39.8. The minimum atomic E-state index is 0.501. The van der Waals surface area contributed by atoms with Gasteiger partial charge in [-0.25, -0.2) is 4.98 Å². The summed E-state index contributed by atoms with van der Waals surface area (Å²) in [6, 6.07) is 70.3. The molecule has 0 saturated heterocycles. The molecule has 0 saturated carbocycles. The van der Waals surface area contributed by atoms with Gasteiger partial charge in [0.25, 0.3) is 0 Å². The van der Waals surface area contributed by atoms with Gasteiger partial charge in [0, 0.05) is 48.8 Å². The Bertz CT molecular complexity index is 4910. The third-order valence-corrected chi connectivity index (χ3v) is 17.2. The van der Waals surface area contributed by atoms with Crippen molar-refractivity contribution in [2.24, 2.45) is 0 Å². The van der Waals surface area contributed by atoms with Crippen molar-refractivity contribution in [1.82, 2.24) is 28.2 Å². The lowest BCUT2D eigenvalue weighted by molar-refractivity contribution is 0.619. The molecule has 6 aromatic heterocycles. The standard InChI is InChI=1S/C75H58N6O/c1-41-17-25-60-50(33-41)51-34-42(2)18-26-61(51)78(60)71-69(59-15-12-13-49(9)76-59)72(79-62-27-19-43(3)35-52(62)53-36-44(4)20-28-63(53)79)74(81-66-31-23-47(7)39-56(66)57-40-48(8)24-32-67(57)81)70(75-77-58-14-10-11-16-68(58)82-75)73(71)80-64-29-21-45(5)37-54(64)55-38-46(6)22-30-65(55)80/h10-40H,1-9H3. The van der Waals surface area contributed by atoms with Crippen molar-refractivity contribution >= 4 is 98.3 Å². The molecule has 6 heterocycles. The molecule has 10 aromatic carbocycles. The average Bonchev–Trinajstić information content (AvgIpc) is 2.00. The summed E-state index contributed by atoms with van der Waals surface area (Å²) in [6.07, 6.45) is 0. The van der Waals surface area contributed by atoms with Crippen molar-refractivity contribution in [1.29, 1.82) is 0 Å². The summed E-state index contributed by atoms with van der Waals surface area (Å²) in [5.74, 6) is 0.501. The molecule has 0 radical (unpaired) electrons. The highest BCUT2D eigenvalue weighted by atomic mass is 16.3. The van der Waals surface area contributed by atoms with Crippen LogP contribution < -0.4 is 0 Å². The van der Waals surface area contributed by atoms with E-state index in [0.717, 1.165) is 94.9 Å². The molecule has 0 unspecified atom stereocenters. The van der Waals surface area contributed by atoms with Crippen LogP contribution in [0.2, 0.25) is 0 Å². The highest BCUT2D eigenvalue weighted by Gasteiger charge is 2.37. The molecule has 394 valence electrons. The van der Waals surface area contributed by atoms with Crippen LogP contribution in [0, 0.1) is 62.3 Å². The molecule has 0 atom stereocenters. The zero-order chi connectivity index (χ0) is 55.6. The molecule has 0 aliphatic rings. The van der Waals surface area contributed by atoms with Crippen LogP contribution in [0.3, 0.4) is 0 Å². The number of oxazole rings is 1. The second-order valence-electron chi connectivity index (χ2n) is 23.3. The molecule has 7 nitrogen and oxygen atoms in total. The van der Waals surface area contributed by atoms with E-state index in [4.69, 9.17) is 14.4 Å². The van der Waals surface area contributed by atoms with Crippen LogP contribution in [0.5, 0.6) is 0 Å². The van der Waals surface area contributed by atoms with E-state index in [0.29, 0.717) is 11.5 Å². The van der Waals surface area contributed by atoms with E-state index in [1.165, 1.54) is 87.6 Å². The maximum Gasteiger partial charge on any atom is 0.231 e. The number of nitrogens with zero attached hydrogens (tertiary/aromatic N) is 6. The first-order valence-electron chi connectivity index (χ1n) is 28.5. The van der Waals surface area contributed by atoms with Gasteiger partial charge in [-0.15, -0.1) is 0 Å². The smallest absolute Gasteiger partial charge is 0.231 e. The second kappa shape index (κ2) is 17.5. The van der Waals surface area contributed by atoms with Crippen LogP contribution in [0.1, 0.15) is 50.2 Å². The van der Waals surface area contributed by atoms with Crippen molar-refractivity contribution in [3.8, 4) is 45.5 Å². The SMILES string of the molecule is Cc1ccc2c(c1)c1cc(C)ccc1n2-c1c(-c2cccc(C)n2)c(-n2c3ccc(C)cc3c3cc(C)ccc32)c(-n2c3ccc(C)cc3c3cc(C)ccc32)c(-c2nc3ccccc3o2)c1-n1c2ccc(C)cc2c2cc(C)ccc21. The third-order valence-electron chi connectivity index (χ3n) is 17.2. The first kappa shape index (κ1) is 48.0. The van der Waals surface area contributed by atoms with E-state index in [1.807, 2.05) is 12.1 Å². The Labute approximate surface area is 474 Å². The molecule has 7 heteroatoms. The van der Waals surface area contributed by atoms with Crippen LogP contribution in [0.25, 0.3) is 144 Å². The Hall–Kier alpha value is -9.98. The number of fused-ring (bicyclic) bond motifs is 13. The Morgan fingerprint density at radius 2 is 0.573 bits per heavy atom. The Kier molecular flexibility index (Phi) is 10.2. The molecule has 0 amide bonds. The molecule has 82 heavy (non-hydrogen) atoms. The van der Waals surface area contributed by atoms with Gasteiger partial charge in [-0.2, -0.15) is 0 Å². The van der Waals surface area contributed by atoms with Gasteiger partial charge >= 0.3 is 0 Å². The lowest BCUT2D eigenvalue weighted by Crippen LogP contribution is -2.16. The van der Waals surface area contributed by atoms with Gasteiger partial charge in [0.15, 0.2) is 5.58 Å². The van der Waals surface area contributed by atoms with E-state index in [1.54, 1.807) is 0 Å². The normalized spacial score (nSPS) is 12.2. The fourth-order valence-corrected chi connectivity index (χ4v) is 13.6. The van der Waals surface area contributed by atoms with Crippen molar-refractivity contribution in [2.45, 2.75) is 62.3 Å². The molecule has 16 rings (SSSR count). The first-order valence-corrected chi connectivity index (χ1v) is 28.5. The molecular formula is C75H58N6O. The largest absolute Gasteiger partial charge is 0.436 e. The Morgan fingerprint density at radius 3 is 0.866 bits per heavy atom. The van der Waals surface area contributed by atoms with E-state index in [-0.39, 0.29) is 0 Å². The maximum absolute atomic E-state index is 7.51. The van der Waals surface area contributed by atoms with Crippen LogP contribution >= 0.6 is 0 Å². The number of para-hydroxylation sites is 2. The Morgan fingerprint density at radius 1 is 0.280 bits per heavy atom. The quantitative estimate of drug-likeness (QED) is 0.167. The van der Waals surface area contributed by atoms with Crippen LogP contribution in [-0.2, 0) is 0 Å². The zero-order valence-electron chi connectivity index (χ0n) is 47.5. The summed E-state index contributed by atoms with van der Waals surface area (Å²) in [7, 11) is 0. The van der Waals surface area contributed by atoms with Gasteiger partial charge in [0.2, 0.25) is 5.89 Å². The minimum absolute atomic E-state index is 0.501. The summed E-state index contributed by atoms with van der Waals surface area (Å²) >= 11 is 0. The van der Waals surface area contributed by atoms with Gasteiger partial charge in [-0.1, -0.05) is 111 Å². The van der Waals surface area contributed by atoms with Gasteiger partial charge in [0.05, 0.1) is 83.7 Å². The molecular weight excluding hydrogens is 1000 g/mol. The Balaban J connectivity index is 1.31. The number of benzene rings is 10. The van der Waals surface area contributed by atoms with Gasteiger partial charge in [0.1, 0.15) is 5.52 Å². The van der Waals surface area contributed by atoms with Crippen LogP contribution in [0.15, 0.2) is 192 Å². The number of rotatable bonds is 6. The zero-order valence-corrected chi connectivity index (χ0v) is 47.5. The predicted octanol–water partition coefficient (Wildman–Crippen LogP) is 19.7. The van der Waals surface area contributed by atoms with E-state index >= 15 is 0 Å². The summed E-state index contributed by atoms with van der Waals surface area (Å²) < 4.78 is 17.7. The number of hydrogen-bond donors (Lipinski definition) is 0. The van der Waals surface area contributed by atoms with E-state index < -0.39 is 0 Å². The van der Waals surface area contributed by atoms with Crippen molar-refractivity contribution in [3.63, 3.8) is 0 Å². The fraction of sp³-hybridized carbons (Fsp3) is 0.120. The van der Waals surface area contributed by atoms with Gasteiger partial charge in [-0.05, 0) is 184 Å². The molecule has 0 aliphatic carbocycles. The molecule has 0 N–H and O–H groups in total. The number of hydrogen-bond acceptors (Lipinski definition) is 3. The minimum Gasteiger partial charge on any atom is -0.436 e. The molecule has 0 bridgehead atoms. The summed E-state index contributed by atoms with van der Waals surface area (Å²) in [5, 5.41) is 9.35. The van der Waals surface area contributed by atoms with Crippen LogP contribution in [0.4, 0.5) is 0 Å². The lowest BCUT2D eigenvalue weighted by Gasteiger charge is -2.30. The molecule has 0 aliphatic heterocycles. The lowest BCUT2D eigenvalue weighted by atomic mass is 9.94. The van der Waals surface area contributed by atoms with Crippen molar-refractivity contribution in [2.75, 3.05) is 0 Å². The molecule has 16 aromatic rings. The number of aromatic nitrogens is 6. The van der Waals surface area contributed by atoms with Crippen LogP contribution in [-0.4, -0.2) is 28.2 Å². The average molecular weight is 1060 g/mol. The topological polar surface area (TPSA) is 58.6 Å². The van der Waals surface area contributed by atoms with E-state index in [9.17, 15) is 0 Å². The number of aryl methyl sites for hydroxylation is 9. The number of pyridine rings is 1. The monoisotopic (exact) mass is 1060 g/mol. The second-order valence-corrected chi connectivity index (χ2v) is 23.3. The highest BCUT2D eigenvalue weighted by molar-refractivity contribution is 6.18. The third kappa shape index (κ3) is 6.95. The summed E-state index contributed by atoms with van der Waals surface area (Å²) in [4.78, 5) is 11.5. The molecule has 0 fully saturated rings. The highest BCUT2D eigenvalue weighted by Crippen LogP contribution is 2.55. The summed E-state index contributed by atoms with van der Waals surface area (Å²) in [6.45, 7) is 19.7. The van der Waals surface area contributed by atoms with Crippen molar-refractivity contribution < 1.29 is 4.42 Å². The van der Waals surface area contributed by atoms with Crippen molar-refractivity contribution in [3.05, 3.63) is 238 Å².